The largest absolute Gasteiger partial charge is 0.377 e. The van der Waals surface area contributed by atoms with Crippen molar-refractivity contribution in [3.8, 4) is 0 Å². The van der Waals surface area contributed by atoms with Gasteiger partial charge < -0.3 is 15.4 Å². The number of thioether (sulfide) groups is 1. The maximum atomic E-state index is 5.34. The first kappa shape index (κ1) is 16.7. The Hall–Kier alpha value is -0.680. The van der Waals surface area contributed by atoms with Crippen LogP contribution in [0, 0.1) is 0 Å². The molecule has 2 unspecified atom stereocenters. The molecule has 0 spiro atoms. The lowest BCUT2D eigenvalue weighted by Crippen LogP contribution is -2.42. The zero-order valence-electron chi connectivity index (χ0n) is 13.4. The molecule has 0 amide bonds. The van der Waals surface area contributed by atoms with Crippen LogP contribution in [0.1, 0.15) is 39.0 Å². The third kappa shape index (κ3) is 5.91. The van der Waals surface area contributed by atoms with Crippen LogP contribution in [0.2, 0.25) is 0 Å². The van der Waals surface area contributed by atoms with Crippen LogP contribution in [0.15, 0.2) is 16.6 Å². The van der Waals surface area contributed by atoms with Gasteiger partial charge in [-0.15, -0.1) is 0 Å². The Morgan fingerprint density at radius 1 is 1.48 bits per heavy atom. The fourth-order valence-corrected chi connectivity index (χ4v) is 3.70. The summed E-state index contributed by atoms with van der Waals surface area (Å²) in [5.74, 6) is 0.983. The molecule has 0 bridgehead atoms. The van der Waals surface area contributed by atoms with Crippen LogP contribution >= 0.6 is 11.8 Å². The molecule has 1 aliphatic heterocycles. The first-order valence-corrected chi connectivity index (χ1v) is 9.44. The first-order valence-electron chi connectivity index (χ1n) is 8.15. The Labute approximate surface area is 133 Å². The van der Waals surface area contributed by atoms with Gasteiger partial charge >= 0.3 is 0 Å². The molecule has 0 saturated heterocycles. The van der Waals surface area contributed by atoms with Crippen LogP contribution in [-0.4, -0.2) is 49.8 Å². The summed E-state index contributed by atoms with van der Waals surface area (Å²) in [4.78, 5) is 4.73. The molecule has 1 saturated carbocycles. The van der Waals surface area contributed by atoms with Crippen molar-refractivity contribution in [2.75, 3.05) is 32.6 Å². The molecule has 1 fully saturated rings. The van der Waals surface area contributed by atoms with Gasteiger partial charge in [-0.1, -0.05) is 11.6 Å². The third-order valence-corrected chi connectivity index (χ3v) is 5.26. The summed E-state index contributed by atoms with van der Waals surface area (Å²) in [6.07, 6.45) is 10.4. The highest BCUT2D eigenvalue weighted by Gasteiger charge is 2.24. The van der Waals surface area contributed by atoms with Crippen molar-refractivity contribution in [2.45, 2.75) is 50.3 Å². The zero-order valence-corrected chi connectivity index (χ0v) is 14.2. The number of ether oxygens (including phenoxy) is 1. The molecular weight excluding hydrogens is 282 g/mol. The second kappa shape index (κ2) is 9.36. The summed E-state index contributed by atoms with van der Waals surface area (Å²) < 4.78 is 5.34. The Morgan fingerprint density at radius 2 is 2.38 bits per heavy atom. The van der Waals surface area contributed by atoms with E-state index < -0.39 is 0 Å². The number of nitrogens with zero attached hydrogens (tertiary/aromatic N) is 1. The van der Waals surface area contributed by atoms with Crippen molar-refractivity contribution in [2.24, 2.45) is 4.99 Å². The molecule has 4 nitrogen and oxygen atoms in total. The molecule has 2 rings (SSSR count). The van der Waals surface area contributed by atoms with Crippen LogP contribution in [0.5, 0.6) is 0 Å². The minimum absolute atomic E-state index is 0.586. The van der Waals surface area contributed by atoms with Gasteiger partial charge in [-0.2, -0.15) is 11.8 Å². The number of rotatable bonds is 6. The zero-order chi connectivity index (χ0) is 14.9. The first-order chi connectivity index (χ1) is 10.3. The van der Waals surface area contributed by atoms with Crippen molar-refractivity contribution >= 4 is 17.7 Å². The molecule has 2 atom stereocenters. The van der Waals surface area contributed by atoms with Crippen molar-refractivity contribution in [1.82, 2.24) is 10.6 Å². The van der Waals surface area contributed by atoms with E-state index in [2.05, 4.69) is 29.9 Å². The van der Waals surface area contributed by atoms with E-state index in [-0.39, 0.29) is 0 Å². The maximum absolute atomic E-state index is 5.34. The molecule has 2 N–H and O–H groups in total. The standard InChI is InChI=1S/C16H29N3OS/c1-3-17-16(19-14-4-5-15(12-14)21-2)18-9-6-13-7-10-20-11-8-13/h7,14-15H,3-6,8-12H2,1-2H3,(H2,17,18,19). The Bertz CT molecular complexity index is 371. The van der Waals surface area contributed by atoms with Gasteiger partial charge in [0.05, 0.1) is 13.2 Å². The molecule has 0 aromatic heterocycles. The van der Waals surface area contributed by atoms with Gasteiger partial charge in [0.2, 0.25) is 0 Å². The minimum atomic E-state index is 0.586. The van der Waals surface area contributed by atoms with Crippen LogP contribution in [-0.2, 0) is 4.74 Å². The van der Waals surface area contributed by atoms with Crippen LogP contribution in [0.25, 0.3) is 0 Å². The molecule has 2 aliphatic rings. The normalized spacial score (nSPS) is 26.6. The van der Waals surface area contributed by atoms with Crippen LogP contribution < -0.4 is 10.6 Å². The third-order valence-electron chi connectivity index (χ3n) is 4.16. The lowest BCUT2D eigenvalue weighted by atomic mass is 10.1. The number of hydrogen-bond acceptors (Lipinski definition) is 3. The fraction of sp³-hybridized carbons (Fsp3) is 0.812. The Morgan fingerprint density at radius 3 is 3.05 bits per heavy atom. The summed E-state index contributed by atoms with van der Waals surface area (Å²) >= 11 is 1.99. The highest BCUT2D eigenvalue weighted by molar-refractivity contribution is 7.99. The summed E-state index contributed by atoms with van der Waals surface area (Å²) in [5, 5.41) is 7.79. The second-order valence-corrected chi connectivity index (χ2v) is 6.85. The van der Waals surface area contributed by atoms with E-state index in [0.29, 0.717) is 6.04 Å². The van der Waals surface area contributed by atoms with E-state index in [9.17, 15) is 0 Å². The minimum Gasteiger partial charge on any atom is -0.377 e. The number of guanidine groups is 1. The van der Waals surface area contributed by atoms with Gasteiger partial charge in [0, 0.05) is 24.4 Å². The predicted molar refractivity (Wildman–Crippen MR) is 92.2 cm³/mol. The summed E-state index contributed by atoms with van der Waals surface area (Å²) in [7, 11) is 0. The molecule has 5 heteroatoms. The smallest absolute Gasteiger partial charge is 0.191 e. The molecule has 0 aromatic carbocycles. The van der Waals surface area contributed by atoms with E-state index in [1.165, 1.54) is 24.8 Å². The Balaban J connectivity index is 1.77. The highest BCUT2D eigenvalue weighted by Crippen LogP contribution is 2.28. The monoisotopic (exact) mass is 311 g/mol. The van der Waals surface area contributed by atoms with Crippen molar-refractivity contribution in [3.05, 3.63) is 11.6 Å². The molecular formula is C16H29N3OS. The van der Waals surface area contributed by atoms with E-state index >= 15 is 0 Å². The summed E-state index contributed by atoms with van der Waals surface area (Å²) in [5.41, 5.74) is 1.49. The summed E-state index contributed by atoms with van der Waals surface area (Å²) in [6, 6.07) is 0.586. The van der Waals surface area contributed by atoms with E-state index in [1.54, 1.807) is 0 Å². The van der Waals surface area contributed by atoms with Gasteiger partial charge in [-0.05, 0) is 45.3 Å². The topological polar surface area (TPSA) is 45.7 Å². The maximum Gasteiger partial charge on any atom is 0.191 e. The van der Waals surface area contributed by atoms with Gasteiger partial charge in [-0.3, -0.25) is 4.99 Å². The summed E-state index contributed by atoms with van der Waals surface area (Å²) in [6.45, 7) is 5.54. The van der Waals surface area contributed by atoms with E-state index in [1.807, 2.05) is 11.8 Å². The van der Waals surface area contributed by atoms with E-state index in [4.69, 9.17) is 9.73 Å². The van der Waals surface area contributed by atoms with Crippen molar-refractivity contribution in [1.29, 1.82) is 0 Å². The van der Waals surface area contributed by atoms with E-state index in [0.717, 1.165) is 50.4 Å². The number of nitrogens with one attached hydrogen (secondary N) is 2. The second-order valence-electron chi connectivity index (χ2n) is 5.71. The highest BCUT2D eigenvalue weighted by atomic mass is 32.2. The van der Waals surface area contributed by atoms with Gasteiger partial charge in [0.15, 0.2) is 5.96 Å². The molecule has 0 aromatic rings. The Kier molecular flexibility index (Phi) is 7.44. The van der Waals surface area contributed by atoms with Gasteiger partial charge in [0.1, 0.15) is 0 Å². The quantitative estimate of drug-likeness (QED) is 0.449. The van der Waals surface area contributed by atoms with Gasteiger partial charge in [0.25, 0.3) is 0 Å². The van der Waals surface area contributed by atoms with Gasteiger partial charge in [-0.25, -0.2) is 0 Å². The molecule has 120 valence electrons. The van der Waals surface area contributed by atoms with Crippen molar-refractivity contribution in [3.63, 3.8) is 0 Å². The molecule has 0 radical (unpaired) electrons. The lowest BCUT2D eigenvalue weighted by Gasteiger charge is -2.17. The fourth-order valence-electron chi connectivity index (χ4n) is 2.90. The van der Waals surface area contributed by atoms with Crippen LogP contribution in [0.4, 0.5) is 0 Å². The number of hydrogen-bond donors (Lipinski definition) is 2. The van der Waals surface area contributed by atoms with Crippen molar-refractivity contribution < 1.29 is 4.74 Å². The average Bonchev–Trinajstić information content (AvgIpc) is 2.96. The predicted octanol–water partition coefficient (Wildman–Crippen LogP) is 2.56. The molecule has 1 aliphatic carbocycles. The SMILES string of the molecule is CCNC(=NCCC1=CCOCC1)NC1CCC(SC)C1. The average molecular weight is 311 g/mol. The molecule has 1 heterocycles. The lowest BCUT2D eigenvalue weighted by molar-refractivity contribution is 0.153. The van der Waals surface area contributed by atoms with Crippen LogP contribution in [0.3, 0.4) is 0 Å². The molecule has 21 heavy (non-hydrogen) atoms. The number of aliphatic imine (C=N–C) groups is 1.